The molecule has 0 atom stereocenters. The van der Waals surface area contributed by atoms with E-state index in [2.05, 4.69) is 62.9 Å². The molecular formula is C83H92B4N10O23V. The molecule has 9 radical (unpaired) electrons. The van der Waals surface area contributed by atoms with Crippen molar-refractivity contribution in [2.45, 2.75) is 80.6 Å². The number of aromatic hydroxyl groups is 5. The van der Waals surface area contributed by atoms with Gasteiger partial charge in [0.05, 0.1) is 42.9 Å². The Morgan fingerprint density at radius 2 is 0.760 bits per heavy atom. The van der Waals surface area contributed by atoms with Gasteiger partial charge >= 0.3 is 23.9 Å². The van der Waals surface area contributed by atoms with E-state index in [4.69, 9.17) is 10.8 Å². The molecule has 0 unspecified atom stereocenters. The van der Waals surface area contributed by atoms with Crippen LogP contribution in [0.15, 0.2) is 243 Å². The van der Waals surface area contributed by atoms with Gasteiger partial charge in [-0.25, -0.2) is 0 Å². The van der Waals surface area contributed by atoms with E-state index in [0.717, 1.165) is 54.0 Å². The van der Waals surface area contributed by atoms with Gasteiger partial charge in [0, 0.05) is 219 Å². The third kappa shape index (κ3) is 43.4. The van der Waals surface area contributed by atoms with Gasteiger partial charge in [0.1, 0.15) is 28.7 Å². The summed E-state index contributed by atoms with van der Waals surface area (Å²) in [5.74, 6) is -1.94. The van der Waals surface area contributed by atoms with E-state index >= 15 is 0 Å². The summed E-state index contributed by atoms with van der Waals surface area (Å²) in [6, 6.07) is 64.0. The van der Waals surface area contributed by atoms with Crippen LogP contribution in [0.4, 0.5) is 56.9 Å². The summed E-state index contributed by atoms with van der Waals surface area (Å²) in [7, 11) is 16.0. The van der Waals surface area contributed by atoms with Gasteiger partial charge < -0.3 is 61.2 Å². The molecule has 0 spiro atoms. The molecule has 38 heteroatoms. The second kappa shape index (κ2) is 56.1. The summed E-state index contributed by atoms with van der Waals surface area (Å²) in [4.78, 5) is 120. The van der Waals surface area contributed by atoms with Gasteiger partial charge in [0.15, 0.2) is 0 Å². The molecule has 0 aliphatic heterocycles. The maximum atomic E-state index is 11.8. The number of nitrogens with zero attached hydrogens (tertiary/aromatic N) is 7. The fraction of sp³-hybridized carbons (Fsp3) is 0.205. The first-order valence-electron chi connectivity index (χ1n) is 35.9. The number of phenolic OH excluding ortho intramolecular Hbond substituents is 5. The van der Waals surface area contributed by atoms with E-state index in [0.29, 0.717) is 47.7 Å². The first kappa shape index (κ1) is 105. The molecule has 10 aromatic carbocycles. The normalized spacial score (nSPS) is 9.71. The van der Waals surface area contributed by atoms with Crippen LogP contribution in [-0.4, -0.2) is 143 Å². The van der Waals surface area contributed by atoms with Crippen LogP contribution in [0.1, 0.15) is 79.1 Å². The summed E-state index contributed by atoms with van der Waals surface area (Å²) < 4.78 is 8.66. The Labute approximate surface area is 717 Å². The monoisotopic (exact) mass is 1690 g/mol. The number of non-ortho nitro benzene ring substituents is 5. The number of nitro benzene ring substituents is 5. The molecule has 33 nitrogen and oxygen atoms in total. The maximum absolute atomic E-state index is 11.8. The van der Waals surface area contributed by atoms with Crippen LogP contribution in [0.5, 0.6) is 28.7 Å². The smallest absolute Gasteiger partial charge is 0.318 e. The molecule has 10 rings (SSSR count). The summed E-state index contributed by atoms with van der Waals surface area (Å²) >= 11 is 0. The number of phenols is 5. The Balaban J connectivity index is 0. The predicted molar refractivity (Wildman–Crippen MR) is 462 cm³/mol. The van der Waals surface area contributed by atoms with Crippen molar-refractivity contribution in [1.82, 2.24) is 0 Å². The number of hydrogen-bond donors (Lipinski definition) is 8. The van der Waals surface area contributed by atoms with Crippen molar-refractivity contribution in [2.75, 3.05) is 52.3 Å². The van der Waals surface area contributed by atoms with Crippen LogP contribution in [-0.2, 0) is 88.9 Å². The molecule has 0 heterocycles. The van der Waals surface area contributed by atoms with E-state index in [1.54, 1.807) is 147 Å². The molecule has 0 aliphatic carbocycles. The van der Waals surface area contributed by atoms with Crippen molar-refractivity contribution < 1.29 is 110 Å². The summed E-state index contributed by atoms with van der Waals surface area (Å²) in [6.07, 6.45) is 2.12. The molecule has 121 heavy (non-hydrogen) atoms. The summed E-state index contributed by atoms with van der Waals surface area (Å²) in [6.45, 7) is 13.6. The number of rotatable bonds is 23. The van der Waals surface area contributed by atoms with Gasteiger partial charge in [-0.15, -0.1) is 0 Å². The first-order chi connectivity index (χ1) is 56.9. The van der Waals surface area contributed by atoms with E-state index in [9.17, 15) is 99.8 Å². The van der Waals surface area contributed by atoms with Crippen molar-refractivity contribution in [3.63, 3.8) is 0 Å². The number of ether oxygens (including phenoxy) is 2. The number of carbonyl (C=O) groups excluding carboxylic acids is 6. The van der Waals surface area contributed by atoms with E-state index in [1.165, 1.54) is 124 Å². The first-order valence-corrected chi connectivity index (χ1v) is 35.9. The number of nitrogen functional groups attached to an aromatic ring is 1. The topological polar surface area (TPSA) is 494 Å². The Morgan fingerprint density at radius 3 is 1.10 bits per heavy atom. The molecule has 0 aromatic heterocycles. The quantitative estimate of drug-likeness (QED) is 0.00736. The van der Waals surface area contributed by atoms with E-state index in [-0.39, 0.29) is 103 Å². The third-order valence-corrected chi connectivity index (χ3v) is 15.5. The zero-order valence-corrected chi connectivity index (χ0v) is 68.4. The zero-order chi connectivity index (χ0) is 90.0. The fourth-order valence-electron chi connectivity index (χ4n) is 9.75. The SMILES string of the molecule is CC(=O)N(CCc1ccc([N+](=O)[O-])cc1)c1cccc(O)c1.CC(=O)OC(C)=O.CC(C)(C)C(=O)OC(=O)Cc1ccc([N+](=O)[O-])cc1.CCN(CCc1ccc([N+](=O)[O-])cc1)c1cccc(O)c1.Nc1cccc(O)c1.O=C(Cc1ccc([N+](=O)[O-])cc1)Nc1cccc(O)c1.O=[N+]([O-])c1ccc(CCNc2cccc(O)c2)cc1.[B][B].[B][B].[HH].[HH].[V]. The van der Waals surface area contributed by atoms with Crippen molar-refractivity contribution in [1.29, 1.82) is 0 Å². The Bertz CT molecular complexity index is 4950. The van der Waals surface area contributed by atoms with Crippen LogP contribution in [0, 0.1) is 56.0 Å². The number of nitrogens with one attached hydrogen (secondary N) is 2. The van der Waals surface area contributed by atoms with Gasteiger partial charge in [0.2, 0.25) is 11.8 Å². The molecular weight excluding hydrogens is 1600 g/mol. The largest absolute Gasteiger partial charge is 0.508 e. The number of nitro groups is 5. The van der Waals surface area contributed by atoms with Gasteiger partial charge in [-0.1, -0.05) is 91.0 Å². The molecule has 2 amide bonds. The van der Waals surface area contributed by atoms with Gasteiger partial charge in [-0.2, -0.15) is 0 Å². The Hall–Kier alpha value is -14.3. The predicted octanol–water partition coefficient (Wildman–Crippen LogP) is 14.0. The van der Waals surface area contributed by atoms with Crippen molar-refractivity contribution >= 4 is 124 Å². The minimum Gasteiger partial charge on any atom is -0.508 e. The molecule has 0 saturated heterocycles. The van der Waals surface area contributed by atoms with Crippen molar-refractivity contribution in [2.24, 2.45) is 5.41 Å². The minimum absolute atomic E-state index is 0. The molecule has 0 aliphatic rings. The standard InChI is InChI=1S/C16H16N2O4.C16H18N2O3.C14H12N2O4.C14H14N2O3.C13H15NO5.C6H7NO.C4H6O3.2B2.V.2H2/c1-12(19)17(15-3-2-4-16(20)11-15)10-9-13-5-7-14(8-6-13)18(21)22;1-2-17(15-4-3-5-16(19)12-15)11-10-13-6-8-14(9-7-13)18(20)21;17-13-3-1-2-11(9-13)15-14(18)8-10-4-6-12(7-5-10)16(19)20;17-14-3-1-2-12(10-14)15-9-8-11-4-6-13(7-5-11)16(18)19;1-13(2,3)12(16)19-11(15)8-9-4-6-10(7-5-9)14(17)18;7-5-2-1-3-6(8)4-5;1-3(5)7-4(2)6;2*1-2;;;/h2-8,11,20H,9-10H2,1H3;3-9,12,19H,2,10-11H2,1H3;1-7,9,17H,8H2,(H,15,18);1-7,10,15,17H,8-9H2;4-7H,8H2,1-3H3;1-4,8H,7H2;1-2H3;;;;2*1H. The van der Waals surface area contributed by atoms with Gasteiger partial charge in [-0.05, 0) is 135 Å². The maximum Gasteiger partial charge on any atom is 0.318 e. The molecule has 629 valence electrons. The number of anilines is 5. The zero-order valence-electron chi connectivity index (χ0n) is 67.0. The second-order valence-electron chi connectivity index (χ2n) is 25.8. The fourth-order valence-corrected chi connectivity index (χ4v) is 9.75. The molecule has 0 fully saturated rings. The number of hydrogen-bond acceptors (Lipinski definition) is 26. The van der Waals surface area contributed by atoms with Crippen LogP contribution in [0.25, 0.3) is 0 Å². The molecule has 0 saturated carbocycles. The minimum atomic E-state index is -0.745. The number of nitrogens with two attached hydrogens (primary N) is 1. The van der Waals surface area contributed by atoms with Crippen LogP contribution in [0.2, 0.25) is 0 Å². The number of amides is 2. The Kier molecular flexibility index (Phi) is 48.5. The van der Waals surface area contributed by atoms with Crippen LogP contribution < -0.4 is 26.2 Å². The number of carbonyl (C=O) groups is 6. The average Bonchev–Trinajstić information content (AvgIpc) is 0.865. The Morgan fingerprint density at radius 1 is 0.430 bits per heavy atom. The summed E-state index contributed by atoms with van der Waals surface area (Å²) in [5, 5.41) is 105. The van der Waals surface area contributed by atoms with Crippen molar-refractivity contribution in [3.8, 4) is 28.7 Å². The second-order valence-corrected chi connectivity index (χ2v) is 25.8. The summed E-state index contributed by atoms with van der Waals surface area (Å²) in [5.41, 5.74) is 12.5. The van der Waals surface area contributed by atoms with Gasteiger partial charge in [0.25, 0.3) is 28.4 Å². The molecule has 10 aromatic rings. The van der Waals surface area contributed by atoms with E-state index in [1.807, 2.05) is 18.2 Å². The molecule has 9 N–H and O–H groups in total. The molecule has 0 bridgehead atoms. The van der Waals surface area contributed by atoms with Gasteiger partial charge in [-0.3, -0.25) is 79.3 Å². The third-order valence-electron chi connectivity index (χ3n) is 15.5. The average molecular weight is 1690 g/mol. The van der Waals surface area contributed by atoms with Crippen LogP contribution in [0.3, 0.4) is 0 Å². The van der Waals surface area contributed by atoms with Crippen LogP contribution >= 0.6 is 0 Å². The number of benzene rings is 10. The van der Waals surface area contributed by atoms with E-state index < -0.39 is 53.9 Å². The van der Waals surface area contributed by atoms with Crippen molar-refractivity contribution in [3.05, 3.63) is 321 Å². The number of likely N-dealkylation sites (N-methyl/N-ethyl adjacent to an activating group) is 1. The number of esters is 4.